The van der Waals surface area contributed by atoms with Gasteiger partial charge in [-0.1, -0.05) is 35.9 Å². The van der Waals surface area contributed by atoms with Crippen LogP contribution in [0.4, 0.5) is 4.39 Å². The fourth-order valence-electron chi connectivity index (χ4n) is 3.71. The Balaban J connectivity index is 1.19. The molecule has 1 fully saturated rings. The van der Waals surface area contributed by atoms with Crippen LogP contribution in [-0.2, 0) is 13.1 Å². The Hall–Kier alpha value is -2.61. The third-order valence-corrected chi connectivity index (χ3v) is 5.84. The van der Waals surface area contributed by atoms with E-state index in [2.05, 4.69) is 22.1 Å². The summed E-state index contributed by atoms with van der Waals surface area (Å²) in [6, 6.07) is 14.3. The number of rotatable bonds is 9. The molecule has 0 radical (unpaired) electrons. The van der Waals surface area contributed by atoms with Crippen LogP contribution in [0, 0.1) is 5.82 Å². The zero-order valence-electron chi connectivity index (χ0n) is 17.8. The highest BCUT2D eigenvalue weighted by atomic mass is 35.5. The van der Waals surface area contributed by atoms with Gasteiger partial charge in [-0.05, 0) is 42.7 Å². The molecule has 2 heterocycles. The van der Waals surface area contributed by atoms with E-state index < -0.39 is 11.4 Å². The van der Waals surface area contributed by atoms with Gasteiger partial charge < -0.3 is 14.6 Å². The summed E-state index contributed by atoms with van der Waals surface area (Å²) >= 11 is 5.85. The molecule has 8 heteroatoms. The largest absolute Gasteiger partial charge is 0.492 e. The predicted molar refractivity (Wildman–Crippen MR) is 121 cm³/mol. The molecule has 4 rings (SSSR count). The monoisotopic (exact) mass is 459 g/mol. The van der Waals surface area contributed by atoms with Crippen LogP contribution in [0.1, 0.15) is 18.4 Å². The van der Waals surface area contributed by atoms with Crippen molar-refractivity contribution < 1.29 is 19.0 Å². The van der Waals surface area contributed by atoms with Gasteiger partial charge >= 0.3 is 0 Å². The molecule has 1 aliphatic rings. The summed E-state index contributed by atoms with van der Waals surface area (Å²) in [6.07, 6.45) is 4.54. The molecular formula is C24H27ClFN3O3. The van der Waals surface area contributed by atoms with Crippen molar-refractivity contribution in [1.29, 1.82) is 0 Å². The van der Waals surface area contributed by atoms with Gasteiger partial charge in [0.25, 0.3) is 0 Å². The molecule has 1 N–H and O–H groups in total. The lowest BCUT2D eigenvalue weighted by Crippen LogP contribution is -2.47. The maximum atomic E-state index is 13.7. The number of aromatic nitrogens is 2. The first kappa shape index (κ1) is 22.6. The van der Waals surface area contributed by atoms with Crippen molar-refractivity contribution in [3.8, 4) is 11.5 Å². The summed E-state index contributed by atoms with van der Waals surface area (Å²) in [4.78, 5) is 2.30. The first-order valence-corrected chi connectivity index (χ1v) is 11.1. The summed E-state index contributed by atoms with van der Waals surface area (Å²) in [5, 5.41) is 15.5. The fourth-order valence-corrected chi connectivity index (χ4v) is 3.87. The molecule has 32 heavy (non-hydrogen) atoms. The number of halogens is 2. The lowest BCUT2D eigenvalue weighted by molar-refractivity contribution is -0.0543. The number of piperidine rings is 1. The molecule has 1 aromatic heterocycles. The van der Waals surface area contributed by atoms with Crippen LogP contribution in [-0.4, -0.2) is 51.7 Å². The van der Waals surface area contributed by atoms with Gasteiger partial charge in [-0.25, -0.2) is 4.39 Å². The number of aliphatic hydroxyl groups is 1. The van der Waals surface area contributed by atoms with Crippen LogP contribution >= 0.6 is 11.6 Å². The van der Waals surface area contributed by atoms with E-state index in [-0.39, 0.29) is 12.4 Å². The zero-order valence-corrected chi connectivity index (χ0v) is 18.5. The molecule has 0 spiro atoms. The van der Waals surface area contributed by atoms with Crippen LogP contribution < -0.4 is 9.47 Å². The third-order valence-electron chi connectivity index (χ3n) is 5.64. The van der Waals surface area contributed by atoms with Gasteiger partial charge in [0, 0.05) is 25.8 Å². The Morgan fingerprint density at radius 2 is 1.81 bits per heavy atom. The van der Waals surface area contributed by atoms with Crippen LogP contribution in [0.25, 0.3) is 0 Å². The minimum absolute atomic E-state index is 0.0958. The lowest BCUT2D eigenvalue weighted by atomic mass is 9.92. The summed E-state index contributed by atoms with van der Waals surface area (Å²) in [5.41, 5.74) is 0.249. The Labute approximate surface area is 192 Å². The van der Waals surface area contributed by atoms with Crippen molar-refractivity contribution in [3.05, 3.63) is 77.3 Å². The molecule has 6 nitrogen and oxygen atoms in total. The van der Waals surface area contributed by atoms with Crippen molar-refractivity contribution in [3.63, 3.8) is 0 Å². The summed E-state index contributed by atoms with van der Waals surface area (Å²) < 4.78 is 26.8. The average molecular weight is 460 g/mol. The van der Waals surface area contributed by atoms with E-state index in [0.717, 1.165) is 25.4 Å². The van der Waals surface area contributed by atoms with Gasteiger partial charge in [-0.2, -0.15) is 5.10 Å². The highest BCUT2D eigenvalue weighted by Gasteiger charge is 2.33. The van der Waals surface area contributed by atoms with Crippen LogP contribution in [0.5, 0.6) is 11.5 Å². The summed E-state index contributed by atoms with van der Waals surface area (Å²) in [5.74, 6) is 0.580. The van der Waals surface area contributed by atoms with Gasteiger partial charge in [0.2, 0.25) is 0 Å². The maximum absolute atomic E-state index is 13.7. The minimum Gasteiger partial charge on any atom is -0.492 e. The number of para-hydroxylation sites is 1. The van der Waals surface area contributed by atoms with E-state index in [4.69, 9.17) is 21.1 Å². The number of ether oxygens (including phenoxy) is 2. The highest BCUT2D eigenvalue weighted by Crippen LogP contribution is 2.26. The lowest BCUT2D eigenvalue weighted by Gasteiger charge is -2.38. The molecule has 2 aromatic carbocycles. The first-order chi connectivity index (χ1) is 15.5. The van der Waals surface area contributed by atoms with Crippen molar-refractivity contribution in [2.45, 2.75) is 31.5 Å². The fraction of sp³-hybridized carbons (Fsp3) is 0.375. The van der Waals surface area contributed by atoms with Gasteiger partial charge in [-0.3, -0.25) is 9.58 Å². The van der Waals surface area contributed by atoms with Gasteiger partial charge in [0.1, 0.15) is 24.6 Å². The Morgan fingerprint density at radius 1 is 1.06 bits per heavy atom. The summed E-state index contributed by atoms with van der Waals surface area (Å²) in [7, 11) is 0. The van der Waals surface area contributed by atoms with E-state index in [1.807, 2.05) is 12.1 Å². The Kier molecular flexibility index (Phi) is 7.29. The quantitative estimate of drug-likeness (QED) is 0.520. The molecule has 0 bridgehead atoms. The Morgan fingerprint density at radius 3 is 2.50 bits per heavy atom. The van der Waals surface area contributed by atoms with Crippen molar-refractivity contribution >= 4 is 11.6 Å². The molecule has 0 saturated carbocycles. The number of benzene rings is 2. The maximum Gasteiger partial charge on any atom is 0.165 e. The van der Waals surface area contributed by atoms with Gasteiger partial charge in [-0.15, -0.1) is 0 Å². The van der Waals surface area contributed by atoms with Crippen LogP contribution in [0.2, 0.25) is 5.02 Å². The Bertz CT molecular complexity index is 1000. The van der Waals surface area contributed by atoms with Gasteiger partial charge in [0.05, 0.1) is 17.8 Å². The molecular weight excluding hydrogens is 433 g/mol. The van der Waals surface area contributed by atoms with Crippen LogP contribution in [0.3, 0.4) is 0 Å². The van der Waals surface area contributed by atoms with Crippen LogP contribution in [0.15, 0.2) is 60.9 Å². The third kappa shape index (κ3) is 6.22. The molecule has 1 saturated heterocycles. The average Bonchev–Trinajstić information content (AvgIpc) is 3.21. The van der Waals surface area contributed by atoms with Crippen molar-refractivity contribution in [2.75, 3.05) is 26.3 Å². The first-order valence-electron chi connectivity index (χ1n) is 10.7. The molecule has 0 amide bonds. The smallest absolute Gasteiger partial charge is 0.165 e. The van der Waals surface area contributed by atoms with E-state index in [1.165, 1.54) is 11.6 Å². The standard InChI is InChI=1S/C24H27ClFN3O3/c25-20-15-27-29(17-20)13-14-31-21-7-5-19(6-8-21)16-28-11-9-24(30,10-12-28)18-32-23-4-2-1-3-22(23)26/h1-8,15,17,30H,9-14,16,18H2. The number of nitrogens with zero attached hydrogens (tertiary/aromatic N) is 3. The van der Waals surface area contributed by atoms with E-state index in [9.17, 15) is 9.50 Å². The molecule has 0 unspecified atom stereocenters. The summed E-state index contributed by atoms with van der Waals surface area (Å²) in [6.45, 7) is 3.54. The minimum atomic E-state index is -0.935. The second kappa shape index (κ2) is 10.3. The zero-order chi connectivity index (χ0) is 22.4. The molecule has 0 aliphatic carbocycles. The predicted octanol–water partition coefficient (Wildman–Crippen LogP) is 4.16. The van der Waals surface area contributed by atoms with Crippen molar-refractivity contribution in [1.82, 2.24) is 14.7 Å². The van der Waals surface area contributed by atoms with E-state index >= 15 is 0 Å². The van der Waals surface area contributed by atoms with Crippen molar-refractivity contribution in [2.24, 2.45) is 0 Å². The highest BCUT2D eigenvalue weighted by molar-refractivity contribution is 6.30. The second-order valence-corrected chi connectivity index (χ2v) is 8.57. The number of likely N-dealkylation sites (tertiary alicyclic amines) is 1. The SMILES string of the molecule is OC1(COc2ccccc2F)CCN(Cc2ccc(OCCn3cc(Cl)cn3)cc2)CC1. The normalized spacial score (nSPS) is 16.1. The van der Waals surface area contributed by atoms with Gasteiger partial charge in [0.15, 0.2) is 11.6 Å². The van der Waals surface area contributed by atoms with E-state index in [0.29, 0.717) is 31.0 Å². The number of hydrogen-bond acceptors (Lipinski definition) is 5. The van der Waals surface area contributed by atoms with E-state index in [1.54, 1.807) is 35.3 Å². The molecule has 170 valence electrons. The topological polar surface area (TPSA) is 59.8 Å². The molecule has 1 aliphatic heterocycles. The molecule has 0 atom stereocenters. The number of hydrogen-bond donors (Lipinski definition) is 1. The molecule has 3 aromatic rings. The second-order valence-electron chi connectivity index (χ2n) is 8.13.